The first kappa shape index (κ1) is 29.4. The Kier molecular flexibility index (Phi) is 248. The molecule has 4 heteroatoms. The molecule has 0 aromatic carbocycles. The van der Waals surface area contributed by atoms with Crippen molar-refractivity contribution in [2.75, 3.05) is 0 Å². The van der Waals surface area contributed by atoms with Crippen LogP contribution in [0.25, 0.3) is 0 Å². The molecule has 0 spiro atoms. The molecular weight excluding hydrogens is 181 g/mol. The van der Waals surface area contributed by atoms with E-state index in [0.29, 0.717) is 0 Å². The van der Waals surface area contributed by atoms with Crippen LogP contribution in [-0.2, 0) is 33.6 Å². The van der Waals surface area contributed by atoms with Gasteiger partial charge in [-0.15, -0.1) is 0 Å². The van der Waals surface area contributed by atoms with Crippen molar-refractivity contribution >= 4 is 37.7 Å². The Labute approximate surface area is 84.9 Å². The molecule has 0 unspecified atom stereocenters. The van der Waals surface area contributed by atoms with Crippen molar-refractivity contribution in [2.45, 2.75) is 0 Å². The molecule has 0 heterocycles. The topological polar surface area (TPSA) is 23.8 Å². The van der Waals surface area contributed by atoms with Gasteiger partial charge >= 0.3 is 37.7 Å². The maximum Gasteiger partial charge on any atom is 2.00 e. The molecule has 0 aromatic rings. The van der Waals surface area contributed by atoms with E-state index >= 15 is 0 Å². The fourth-order valence-corrected chi connectivity index (χ4v) is 0. The van der Waals surface area contributed by atoms with Crippen molar-refractivity contribution in [3.8, 4) is 0 Å². The number of hydrogen-bond acceptors (Lipinski definition) is 1. The van der Waals surface area contributed by atoms with Crippen molar-refractivity contribution in [2.24, 2.45) is 0 Å². The number of hydrogen-bond donors (Lipinski definition) is 0. The first-order valence-electron chi connectivity index (χ1n) is 0.224. The predicted molar refractivity (Wildman–Crippen MR) is 12.9 cm³/mol. The van der Waals surface area contributed by atoms with Crippen molar-refractivity contribution in [3.05, 3.63) is 6.57 Å². The second-order valence-corrected chi connectivity index (χ2v) is 0. The smallest absolute Gasteiger partial charge is 1.00 e. The molecule has 0 atom stereocenters. The van der Waals surface area contributed by atoms with Crippen LogP contribution in [0.5, 0.6) is 0 Å². The first-order chi connectivity index (χ1) is 1.00. The molecule has 5 heavy (non-hydrogen) atoms. The summed E-state index contributed by atoms with van der Waals surface area (Å²) in [6.45, 7) is 4.75. The van der Waals surface area contributed by atoms with E-state index in [0.717, 1.165) is 0 Å². The summed E-state index contributed by atoms with van der Waals surface area (Å²) >= 11 is 0. The minimum absolute atomic E-state index is 0. The van der Waals surface area contributed by atoms with Gasteiger partial charge in [0.1, 0.15) is 0 Å². The van der Waals surface area contributed by atoms with Crippen LogP contribution >= 0.6 is 0 Å². The molecular formula is CH2CaFeNNi-. The quantitative estimate of drug-likeness (QED) is 0.380. The molecule has 0 aliphatic heterocycles. The summed E-state index contributed by atoms with van der Waals surface area (Å²) in [5.41, 5.74) is 0. The summed E-state index contributed by atoms with van der Waals surface area (Å²) in [6, 6.07) is 0. The van der Waals surface area contributed by atoms with Gasteiger partial charge in [-0.2, -0.15) is 0 Å². The Balaban J connectivity index is -0.000000000500. The van der Waals surface area contributed by atoms with E-state index in [2.05, 4.69) is 0 Å². The summed E-state index contributed by atoms with van der Waals surface area (Å²) in [6.07, 6.45) is 0. The average molecular weight is 183 g/mol. The third-order valence-corrected chi connectivity index (χ3v) is 0. The van der Waals surface area contributed by atoms with Crippen LogP contribution in [0.3, 0.4) is 0 Å². The van der Waals surface area contributed by atoms with Gasteiger partial charge in [0.05, 0.1) is 0 Å². The molecule has 0 amide bonds. The maximum absolute atomic E-state index is 6.25. The van der Waals surface area contributed by atoms with Crippen LogP contribution in [0.2, 0.25) is 0 Å². The molecule has 0 aliphatic carbocycles. The van der Waals surface area contributed by atoms with Crippen molar-refractivity contribution in [3.63, 3.8) is 0 Å². The summed E-state index contributed by atoms with van der Waals surface area (Å²) in [7, 11) is 0. The van der Waals surface area contributed by atoms with Gasteiger partial charge in [-0.05, 0) is 0 Å². The Hall–Kier alpha value is 1.76. The van der Waals surface area contributed by atoms with Crippen LogP contribution in [0.4, 0.5) is 0 Å². The van der Waals surface area contributed by atoms with Crippen molar-refractivity contribution < 1.29 is 36.4 Å². The number of nitrogens with zero attached hydrogens (tertiary/aromatic N) is 1. The molecule has 0 aromatic heterocycles. The molecule has 32 valence electrons. The van der Waals surface area contributed by atoms with E-state index in [4.69, 9.17) is 11.8 Å². The van der Waals surface area contributed by atoms with E-state index in [1.807, 2.05) is 0 Å². The maximum atomic E-state index is 6.25. The zero-order valence-corrected chi connectivity index (χ0v) is 6.62. The second-order valence-electron chi connectivity index (χ2n) is 0. The van der Waals surface area contributed by atoms with Gasteiger partial charge in [-0.3, -0.25) is 0 Å². The van der Waals surface area contributed by atoms with E-state index in [-0.39, 0.29) is 74.2 Å². The van der Waals surface area contributed by atoms with E-state index in [1.165, 1.54) is 0 Å². The van der Waals surface area contributed by atoms with Gasteiger partial charge in [-0.1, -0.05) is 0 Å². The van der Waals surface area contributed by atoms with Crippen molar-refractivity contribution in [1.82, 2.24) is 0 Å². The standard InChI is InChI=1S/CN.Ca.Fe.Ni.2H/c1-2;;;;;/q-1;+2;;;2*-1. The van der Waals surface area contributed by atoms with Crippen molar-refractivity contribution in [1.29, 1.82) is 5.26 Å². The Bertz CT molecular complexity index is 22.4. The third kappa shape index (κ3) is 26.3. The van der Waals surface area contributed by atoms with E-state index in [9.17, 15) is 0 Å². The van der Waals surface area contributed by atoms with Gasteiger partial charge in [0.25, 0.3) is 0 Å². The van der Waals surface area contributed by atoms with Gasteiger partial charge in [0.15, 0.2) is 0 Å². The zero-order valence-electron chi connectivity index (χ0n) is 4.32. The monoisotopic (exact) mass is 182 g/mol. The minimum atomic E-state index is 0. The van der Waals surface area contributed by atoms with Crippen LogP contribution < -0.4 is 0 Å². The molecule has 0 rings (SSSR count). The largest absolute Gasteiger partial charge is 2.00 e. The minimum Gasteiger partial charge on any atom is -1.00 e. The third-order valence-electron chi connectivity index (χ3n) is 0. The normalized spacial score (nSPS) is 0.400. The van der Waals surface area contributed by atoms with Crippen LogP contribution in [0, 0.1) is 11.8 Å². The van der Waals surface area contributed by atoms with Gasteiger partial charge in [0, 0.05) is 33.6 Å². The van der Waals surface area contributed by atoms with Gasteiger partial charge in [-0.25, -0.2) is 0 Å². The van der Waals surface area contributed by atoms with Gasteiger partial charge in [0.2, 0.25) is 0 Å². The first-order valence-corrected chi connectivity index (χ1v) is 0.224. The van der Waals surface area contributed by atoms with Crippen LogP contribution in [0.15, 0.2) is 0 Å². The SMILES string of the molecule is [C-]#N.[Ca+2].[Fe].[H-].[H-].[Ni]. The molecule has 0 radical (unpaired) electrons. The summed E-state index contributed by atoms with van der Waals surface area (Å²) in [5, 5.41) is 6.25. The molecule has 0 bridgehead atoms. The molecule has 0 fully saturated rings. The second kappa shape index (κ2) is 42.1. The zero-order chi connectivity index (χ0) is 2.00. The summed E-state index contributed by atoms with van der Waals surface area (Å²) in [4.78, 5) is 0. The average Bonchev–Trinajstić information content (AvgIpc) is 1.00. The fourth-order valence-electron chi connectivity index (χ4n) is 0. The summed E-state index contributed by atoms with van der Waals surface area (Å²) in [5.74, 6) is 0. The Morgan fingerprint density at radius 2 is 1.40 bits per heavy atom. The molecule has 0 aliphatic rings. The van der Waals surface area contributed by atoms with Gasteiger partial charge < -0.3 is 14.7 Å². The number of rotatable bonds is 0. The van der Waals surface area contributed by atoms with Crippen LogP contribution in [-0.4, -0.2) is 37.7 Å². The van der Waals surface area contributed by atoms with Crippen LogP contribution in [0.1, 0.15) is 2.85 Å². The van der Waals surface area contributed by atoms with E-state index in [1.54, 1.807) is 0 Å². The predicted octanol–water partition coefficient (Wildman–Crippen LogP) is -0.0644. The molecule has 0 saturated heterocycles. The Morgan fingerprint density at radius 3 is 1.40 bits per heavy atom. The fraction of sp³-hybridized carbons (Fsp3) is 0. The Morgan fingerprint density at radius 1 is 1.40 bits per heavy atom. The molecule has 1 nitrogen and oxygen atoms in total. The van der Waals surface area contributed by atoms with E-state index < -0.39 is 0 Å². The molecule has 0 saturated carbocycles. The summed E-state index contributed by atoms with van der Waals surface area (Å²) < 4.78 is 0. The molecule has 0 N–H and O–H groups in total.